The zero-order valence-electron chi connectivity index (χ0n) is 17.4. The van der Waals surface area contributed by atoms with Crippen LogP contribution in [0.3, 0.4) is 0 Å². The van der Waals surface area contributed by atoms with Gasteiger partial charge in [0.2, 0.25) is 5.91 Å². The van der Waals surface area contributed by atoms with Gasteiger partial charge in [0, 0.05) is 44.4 Å². The van der Waals surface area contributed by atoms with Gasteiger partial charge in [-0.1, -0.05) is 18.2 Å². The summed E-state index contributed by atoms with van der Waals surface area (Å²) in [6.07, 6.45) is 2.27. The fraction of sp³-hybridized carbons (Fsp3) is 0.600. The summed E-state index contributed by atoms with van der Waals surface area (Å²) < 4.78 is 5.55. The van der Waals surface area contributed by atoms with Crippen molar-refractivity contribution in [2.24, 2.45) is 4.99 Å². The Balaban J connectivity index is 0.00000729. The molecule has 1 rings (SSSR count). The molecule has 0 spiro atoms. The molecule has 0 aliphatic heterocycles. The van der Waals surface area contributed by atoms with Gasteiger partial charge in [-0.3, -0.25) is 4.79 Å². The highest BCUT2D eigenvalue weighted by Gasteiger charge is 2.04. The normalized spacial score (nSPS) is 11.1. The first kappa shape index (κ1) is 27.0. The van der Waals surface area contributed by atoms with Gasteiger partial charge in [-0.05, 0) is 38.8 Å². The van der Waals surface area contributed by atoms with E-state index in [1.807, 2.05) is 32.0 Å². The van der Waals surface area contributed by atoms with E-state index in [0.717, 1.165) is 38.3 Å². The van der Waals surface area contributed by atoms with Gasteiger partial charge in [0.1, 0.15) is 6.54 Å². The zero-order valence-corrected chi connectivity index (χ0v) is 20.6. The summed E-state index contributed by atoms with van der Waals surface area (Å²) in [7, 11) is 3.48. The molecule has 0 radical (unpaired) electrons. The van der Waals surface area contributed by atoms with Crippen molar-refractivity contribution in [2.45, 2.75) is 37.7 Å². The standard InChI is InChI=1S/C20H34N4O2S.HI/c1-17(2)26-14-9-8-12-21-20(23-16-19(25)24(3)4)22-13-15-27-18-10-6-5-7-11-18;/h5-7,10-11,17H,8-9,12-16H2,1-4H3,(H2,21,22,23);1H. The van der Waals surface area contributed by atoms with Crippen LogP contribution in [0.2, 0.25) is 0 Å². The Morgan fingerprint density at radius 1 is 1.14 bits per heavy atom. The summed E-state index contributed by atoms with van der Waals surface area (Å²) >= 11 is 1.79. The van der Waals surface area contributed by atoms with Gasteiger partial charge in [0.25, 0.3) is 0 Å². The third-order valence-corrected chi connectivity index (χ3v) is 4.61. The molecule has 6 nitrogen and oxygen atoms in total. The van der Waals surface area contributed by atoms with Crippen LogP contribution in [0.1, 0.15) is 26.7 Å². The Bertz CT molecular complexity index is 556. The number of hydrogen-bond acceptors (Lipinski definition) is 4. The molecule has 0 fully saturated rings. The molecule has 0 aliphatic carbocycles. The van der Waals surface area contributed by atoms with Gasteiger partial charge in [0.05, 0.1) is 6.10 Å². The van der Waals surface area contributed by atoms with Crippen LogP contribution >= 0.6 is 35.7 Å². The van der Waals surface area contributed by atoms with Gasteiger partial charge < -0.3 is 20.3 Å². The first-order chi connectivity index (χ1) is 13.0. The number of hydrogen-bond donors (Lipinski definition) is 2. The van der Waals surface area contributed by atoms with Crippen molar-refractivity contribution in [3.63, 3.8) is 0 Å². The van der Waals surface area contributed by atoms with Crippen LogP contribution < -0.4 is 10.6 Å². The summed E-state index contributed by atoms with van der Waals surface area (Å²) in [6.45, 7) is 6.58. The van der Waals surface area contributed by atoms with Crippen LogP contribution in [-0.2, 0) is 9.53 Å². The summed E-state index contributed by atoms with van der Waals surface area (Å²) in [4.78, 5) is 19.0. The molecule has 0 aromatic heterocycles. The lowest BCUT2D eigenvalue weighted by Crippen LogP contribution is -2.40. The third kappa shape index (κ3) is 14.1. The molecule has 28 heavy (non-hydrogen) atoms. The number of ether oxygens (including phenoxy) is 1. The van der Waals surface area contributed by atoms with Gasteiger partial charge in [-0.2, -0.15) is 0 Å². The molecule has 0 saturated heterocycles. The number of aliphatic imine (C=N–C) groups is 1. The van der Waals surface area contributed by atoms with Gasteiger partial charge in [0.15, 0.2) is 5.96 Å². The number of unbranched alkanes of at least 4 members (excludes halogenated alkanes) is 1. The Labute approximate surface area is 191 Å². The first-order valence-electron chi connectivity index (χ1n) is 9.51. The second-order valence-corrected chi connectivity index (χ2v) is 7.76. The number of carbonyl (C=O) groups excluding carboxylic acids is 1. The number of amides is 1. The minimum absolute atomic E-state index is 0. The van der Waals surface area contributed by atoms with E-state index in [-0.39, 0.29) is 42.5 Å². The number of thioether (sulfide) groups is 1. The van der Waals surface area contributed by atoms with Crippen molar-refractivity contribution < 1.29 is 9.53 Å². The van der Waals surface area contributed by atoms with E-state index in [1.165, 1.54) is 4.90 Å². The topological polar surface area (TPSA) is 66.0 Å². The van der Waals surface area contributed by atoms with Crippen LogP contribution in [0.25, 0.3) is 0 Å². The lowest BCUT2D eigenvalue weighted by Gasteiger charge is -2.14. The molecule has 1 aromatic carbocycles. The van der Waals surface area contributed by atoms with Crippen LogP contribution in [-0.4, -0.2) is 69.0 Å². The second kappa shape index (κ2) is 16.9. The Morgan fingerprint density at radius 3 is 2.46 bits per heavy atom. The number of nitrogens with zero attached hydrogens (tertiary/aromatic N) is 2. The molecule has 8 heteroatoms. The largest absolute Gasteiger partial charge is 0.379 e. The molecule has 0 aliphatic rings. The fourth-order valence-corrected chi connectivity index (χ4v) is 2.86. The second-order valence-electron chi connectivity index (χ2n) is 6.59. The Morgan fingerprint density at radius 2 is 1.82 bits per heavy atom. The van der Waals surface area contributed by atoms with Crippen LogP contribution in [0.5, 0.6) is 0 Å². The molecule has 2 N–H and O–H groups in total. The zero-order chi connectivity index (χ0) is 19.9. The van der Waals surface area contributed by atoms with Gasteiger partial charge in [-0.15, -0.1) is 35.7 Å². The van der Waals surface area contributed by atoms with E-state index >= 15 is 0 Å². The van der Waals surface area contributed by atoms with Crippen molar-refractivity contribution in [1.82, 2.24) is 15.5 Å². The number of likely N-dealkylation sites (N-methyl/N-ethyl adjacent to an activating group) is 1. The van der Waals surface area contributed by atoms with E-state index in [4.69, 9.17) is 4.74 Å². The van der Waals surface area contributed by atoms with E-state index in [9.17, 15) is 4.79 Å². The highest BCUT2D eigenvalue weighted by atomic mass is 127. The van der Waals surface area contributed by atoms with Crippen molar-refractivity contribution in [2.75, 3.05) is 46.1 Å². The number of halogens is 1. The van der Waals surface area contributed by atoms with Crippen LogP contribution in [0.15, 0.2) is 40.2 Å². The van der Waals surface area contributed by atoms with Crippen molar-refractivity contribution >= 4 is 47.6 Å². The quantitative estimate of drug-likeness (QED) is 0.145. The number of rotatable bonds is 12. The summed E-state index contributed by atoms with van der Waals surface area (Å²) in [5, 5.41) is 6.61. The monoisotopic (exact) mass is 522 g/mol. The van der Waals surface area contributed by atoms with E-state index in [1.54, 1.807) is 30.8 Å². The lowest BCUT2D eigenvalue weighted by atomic mass is 10.3. The van der Waals surface area contributed by atoms with Crippen LogP contribution in [0, 0.1) is 0 Å². The SMILES string of the molecule is CC(C)OCCCCNC(=NCC(=O)N(C)C)NCCSc1ccccc1.I. The van der Waals surface area contributed by atoms with E-state index < -0.39 is 0 Å². The molecular formula is C20H35IN4O2S. The first-order valence-corrected chi connectivity index (χ1v) is 10.5. The molecule has 160 valence electrons. The molecular weight excluding hydrogens is 487 g/mol. The summed E-state index contributed by atoms with van der Waals surface area (Å²) in [5.74, 6) is 1.60. The minimum Gasteiger partial charge on any atom is -0.379 e. The Hall–Kier alpha value is -1.000. The molecule has 0 unspecified atom stereocenters. The minimum atomic E-state index is -0.0138. The molecule has 0 bridgehead atoms. The van der Waals surface area contributed by atoms with E-state index in [2.05, 4.69) is 27.8 Å². The maximum Gasteiger partial charge on any atom is 0.243 e. The average molecular weight is 522 g/mol. The average Bonchev–Trinajstić information content (AvgIpc) is 2.65. The fourth-order valence-electron chi connectivity index (χ4n) is 2.07. The molecule has 0 heterocycles. The smallest absolute Gasteiger partial charge is 0.243 e. The highest BCUT2D eigenvalue weighted by molar-refractivity contribution is 14.0. The van der Waals surface area contributed by atoms with Crippen LogP contribution in [0.4, 0.5) is 0 Å². The molecule has 0 atom stereocenters. The number of carbonyl (C=O) groups is 1. The summed E-state index contributed by atoms with van der Waals surface area (Å²) in [6, 6.07) is 10.3. The Kier molecular flexibility index (Phi) is 16.3. The lowest BCUT2D eigenvalue weighted by molar-refractivity contribution is -0.127. The third-order valence-electron chi connectivity index (χ3n) is 3.59. The predicted molar refractivity (Wildman–Crippen MR) is 130 cm³/mol. The summed E-state index contributed by atoms with van der Waals surface area (Å²) in [5.41, 5.74) is 0. The maximum absolute atomic E-state index is 11.8. The maximum atomic E-state index is 11.8. The number of guanidine groups is 1. The molecule has 1 amide bonds. The number of benzene rings is 1. The molecule has 0 saturated carbocycles. The van der Waals surface area contributed by atoms with E-state index in [0.29, 0.717) is 5.96 Å². The van der Waals surface area contributed by atoms with Crippen molar-refractivity contribution in [1.29, 1.82) is 0 Å². The highest BCUT2D eigenvalue weighted by Crippen LogP contribution is 2.15. The molecule has 1 aromatic rings. The van der Waals surface area contributed by atoms with Gasteiger partial charge >= 0.3 is 0 Å². The van der Waals surface area contributed by atoms with Crippen molar-refractivity contribution in [3.8, 4) is 0 Å². The van der Waals surface area contributed by atoms with Gasteiger partial charge in [-0.25, -0.2) is 4.99 Å². The van der Waals surface area contributed by atoms with Crippen molar-refractivity contribution in [3.05, 3.63) is 30.3 Å². The predicted octanol–water partition coefficient (Wildman–Crippen LogP) is 3.23. The number of nitrogens with one attached hydrogen (secondary N) is 2.